The lowest BCUT2D eigenvalue weighted by molar-refractivity contribution is 0.100. The second-order valence-electron chi connectivity index (χ2n) is 5.71. The van der Waals surface area contributed by atoms with Crippen LogP contribution in [0.1, 0.15) is 33.3 Å². The standard InChI is InChI=1S/C20H15N5O2/c1-13(26)15-3-2-4-17(11-15)23-20(27)18-9-10-19(25-24-18)22-16-7-5-14(12-21)6-8-16/h2-11H,1H3,(H,22,25)(H,23,27). The van der Waals surface area contributed by atoms with E-state index < -0.39 is 5.91 Å². The number of hydrogen-bond acceptors (Lipinski definition) is 6. The normalized spacial score (nSPS) is 9.93. The zero-order valence-corrected chi connectivity index (χ0v) is 14.4. The van der Waals surface area contributed by atoms with Crippen molar-refractivity contribution >= 4 is 28.9 Å². The van der Waals surface area contributed by atoms with Gasteiger partial charge in [-0.3, -0.25) is 9.59 Å². The fourth-order valence-electron chi connectivity index (χ4n) is 2.31. The minimum Gasteiger partial charge on any atom is -0.339 e. The lowest BCUT2D eigenvalue weighted by Gasteiger charge is -2.07. The number of carbonyl (C=O) groups is 2. The molecule has 2 aromatic carbocycles. The SMILES string of the molecule is CC(=O)c1cccc(NC(=O)c2ccc(Nc3ccc(C#N)cc3)nn2)c1. The van der Waals surface area contributed by atoms with Crippen LogP contribution in [0.2, 0.25) is 0 Å². The van der Waals surface area contributed by atoms with E-state index in [1.54, 1.807) is 60.7 Å². The van der Waals surface area contributed by atoms with Gasteiger partial charge in [-0.1, -0.05) is 12.1 Å². The molecule has 0 aliphatic heterocycles. The maximum absolute atomic E-state index is 12.3. The Hall–Kier alpha value is -4.05. The summed E-state index contributed by atoms with van der Waals surface area (Å²) in [4.78, 5) is 23.7. The molecule has 0 saturated heterocycles. The molecule has 7 heteroatoms. The number of nitrogens with zero attached hydrogens (tertiary/aromatic N) is 3. The molecule has 1 aromatic heterocycles. The van der Waals surface area contributed by atoms with E-state index in [0.717, 1.165) is 5.69 Å². The molecule has 0 bridgehead atoms. The van der Waals surface area contributed by atoms with Gasteiger partial charge in [0.15, 0.2) is 17.3 Å². The number of ketones is 1. The van der Waals surface area contributed by atoms with Crippen molar-refractivity contribution in [2.75, 3.05) is 10.6 Å². The summed E-state index contributed by atoms with van der Waals surface area (Å²) in [5, 5.41) is 22.4. The largest absolute Gasteiger partial charge is 0.339 e. The smallest absolute Gasteiger partial charge is 0.276 e. The minimum atomic E-state index is -0.423. The average Bonchev–Trinajstić information content (AvgIpc) is 2.69. The molecule has 27 heavy (non-hydrogen) atoms. The lowest BCUT2D eigenvalue weighted by Crippen LogP contribution is -2.14. The average molecular weight is 357 g/mol. The Morgan fingerprint density at radius 3 is 2.37 bits per heavy atom. The molecule has 0 unspecified atom stereocenters. The van der Waals surface area contributed by atoms with Gasteiger partial charge in [-0.15, -0.1) is 10.2 Å². The van der Waals surface area contributed by atoms with Gasteiger partial charge >= 0.3 is 0 Å². The third-order valence-corrected chi connectivity index (χ3v) is 3.71. The Morgan fingerprint density at radius 1 is 0.963 bits per heavy atom. The minimum absolute atomic E-state index is 0.0795. The number of anilines is 3. The van der Waals surface area contributed by atoms with Crippen molar-refractivity contribution in [1.82, 2.24) is 10.2 Å². The molecule has 0 aliphatic rings. The van der Waals surface area contributed by atoms with Crippen molar-refractivity contribution < 1.29 is 9.59 Å². The fraction of sp³-hybridized carbons (Fsp3) is 0.0500. The summed E-state index contributed by atoms with van der Waals surface area (Å²) in [7, 11) is 0. The van der Waals surface area contributed by atoms with Gasteiger partial charge in [-0.25, -0.2) is 0 Å². The molecule has 0 saturated carbocycles. The van der Waals surface area contributed by atoms with Gasteiger partial charge in [0.05, 0.1) is 11.6 Å². The molecule has 3 aromatic rings. The van der Waals surface area contributed by atoms with Gasteiger partial charge in [-0.2, -0.15) is 5.26 Å². The van der Waals surface area contributed by atoms with Gasteiger partial charge in [0.25, 0.3) is 5.91 Å². The Morgan fingerprint density at radius 2 is 1.74 bits per heavy atom. The highest BCUT2D eigenvalue weighted by atomic mass is 16.2. The highest BCUT2D eigenvalue weighted by Crippen LogP contribution is 2.16. The number of rotatable bonds is 5. The first kappa shape index (κ1) is 17.8. The third kappa shape index (κ3) is 4.52. The first-order valence-corrected chi connectivity index (χ1v) is 8.08. The number of nitrogens with one attached hydrogen (secondary N) is 2. The Bertz CT molecular complexity index is 1020. The zero-order chi connectivity index (χ0) is 19.2. The van der Waals surface area contributed by atoms with Crippen LogP contribution >= 0.6 is 0 Å². The molecular formula is C20H15N5O2. The van der Waals surface area contributed by atoms with Gasteiger partial charge in [0.1, 0.15) is 0 Å². The first-order chi connectivity index (χ1) is 13.0. The quantitative estimate of drug-likeness (QED) is 0.676. The van der Waals surface area contributed by atoms with Crippen LogP contribution in [0, 0.1) is 11.3 Å². The number of nitriles is 1. The number of amides is 1. The van der Waals surface area contributed by atoms with Gasteiger partial charge in [0, 0.05) is 16.9 Å². The summed E-state index contributed by atoms with van der Waals surface area (Å²) in [5.74, 6) is -0.0351. The van der Waals surface area contributed by atoms with Crippen molar-refractivity contribution in [2.24, 2.45) is 0 Å². The molecule has 1 heterocycles. The number of benzene rings is 2. The van der Waals surface area contributed by atoms with Crippen molar-refractivity contribution in [3.05, 3.63) is 77.5 Å². The van der Waals surface area contributed by atoms with Crippen LogP contribution in [0.4, 0.5) is 17.2 Å². The second-order valence-corrected chi connectivity index (χ2v) is 5.71. The van der Waals surface area contributed by atoms with Gasteiger partial charge in [-0.05, 0) is 55.5 Å². The van der Waals surface area contributed by atoms with E-state index in [0.29, 0.717) is 22.6 Å². The van der Waals surface area contributed by atoms with Crippen LogP contribution in [0.25, 0.3) is 0 Å². The van der Waals surface area contributed by atoms with E-state index in [-0.39, 0.29) is 11.5 Å². The summed E-state index contributed by atoms with van der Waals surface area (Å²) in [6, 6.07) is 18.8. The molecule has 0 atom stereocenters. The van der Waals surface area contributed by atoms with E-state index in [9.17, 15) is 9.59 Å². The Balaban J connectivity index is 1.67. The Labute approximate surface area is 155 Å². The van der Waals surface area contributed by atoms with Crippen LogP contribution in [0.3, 0.4) is 0 Å². The van der Waals surface area contributed by atoms with Crippen LogP contribution in [0.5, 0.6) is 0 Å². The third-order valence-electron chi connectivity index (χ3n) is 3.71. The number of Topliss-reactive ketones (excluding diaryl/α,β-unsaturated/α-hetero) is 1. The summed E-state index contributed by atoms with van der Waals surface area (Å²) in [5.41, 5.74) is 2.48. The van der Waals surface area contributed by atoms with Gasteiger partial charge in [0.2, 0.25) is 0 Å². The van der Waals surface area contributed by atoms with E-state index in [2.05, 4.69) is 20.8 Å². The number of carbonyl (C=O) groups excluding carboxylic acids is 2. The Kier molecular flexibility index (Phi) is 5.19. The highest BCUT2D eigenvalue weighted by Gasteiger charge is 2.10. The van der Waals surface area contributed by atoms with E-state index >= 15 is 0 Å². The second kappa shape index (κ2) is 7.89. The van der Waals surface area contributed by atoms with Crippen LogP contribution in [0.15, 0.2) is 60.7 Å². The topological polar surface area (TPSA) is 108 Å². The number of hydrogen-bond donors (Lipinski definition) is 2. The molecule has 0 spiro atoms. The monoisotopic (exact) mass is 357 g/mol. The molecule has 3 rings (SSSR count). The van der Waals surface area contributed by atoms with E-state index in [4.69, 9.17) is 5.26 Å². The summed E-state index contributed by atoms with van der Waals surface area (Å²) in [6.45, 7) is 1.46. The van der Waals surface area contributed by atoms with E-state index in [1.807, 2.05) is 6.07 Å². The molecule has 0 fully saturated rings. The summed E-state index contributed by atoms with van der Waals surface area (Å²) in [6.07, 6.45) is 0. The molecule has 0 aliphatic carbocycles. The molecule has 2 N–H and O–H groups in total. The van der Waals surface area contributed by atoms with Crippen molar-refractivity contribution in [2.45, 2.75) is 6.92 Å². The fourth-order valence-corrected chi connectivity index (χ4v) is 2.31. The molecule has 132 valence electrons. The zero-order valence-electron chi connectivity index (χ0n) is 14.4. The van der Waals surface area contributed by atoms with Crippen LogP contribution in [-0.4, -0.2) is 21.9 Å². The number of aromatic nitrogens is 2. The van der Waals surface area contributed by atoms with Crippen molar-refractivity contribution in [3.8, 4) is 6.07 Å². The van der Waals surface area contributed by atoms with Crippen LogP contribution < -0.4 is 10.6 Å². The maximum Gasteiger partial charge on any atom is 0.276 e. The summed E-state index contributed by atoms with van der Waals surface area (Å²) >= 11 is 0. The predicted octanol–water partition coefficient (Wildman–Crippen LogP) is 3.55. The van der Waals surface area contributed by atoms with Crippen molar-refractivity contribution in [1.29, 1.82) is 5.26 Å². The first-order valence-electron chi connectivity index (χ1n) is 8.08. The van der Waals surface area contributed by atoms with E-state index in [1.165, 1.54) is 6.92 Å². The molecular weight excluding hydrogens is 342 g/mol. The molecule has 0 radical (unpaired) electrons. The van der Waals surface area contributed by atoms with Crippen LogP contribution in [-0.2, 0) is 0 Å². The predicted molar refractivity (Wildman–Crippen MR) is 101 cm³/mol. The molecule has 1 amide bonds. The summed E-state index contributed by atoms with van der Waals surface area (Å²) < 4.78 is 0. The van der Waals surface area contributed by atoms with Gasteiger partial charge < -0.3 is 10.6 Å². The van der Waals surface area contributed by atoms with Crippen molar-refractivity contribution in [3.63, 3.8) is 0 Å². The lowest BCUT2D eigenvalue weighted by atomic mass is 10.1. The maximum atomic E-state index is 12.3. The molecule has 7 nitrogen and oxygen atoms in total. The highest BCUT2D eigenvalue weighted by molar-refractivity contribution is 6.03.